The lowest BCUT2D eigenvalue weighted by molar-refractivity contribution is 0.183. The van der Waals surface area contributed by atoms with Crippen LogP contribution in [0.5, 0.6) is 0 Å². The first-order chi connectivity index (χ1) is 6.81. The molecule has 0 saturated carbocycles. The molecule has 0 amide bonds. The van der Waals surface area contributed by atoms with Crippen LogP contribution in [0.2, 0.25) is 0 Å². The van der Waals surface area contributed by atoms with E-state index in [0.29, 0.717) is 6.42 Å². The van der Waals surface area contributed by atoms with E-state index >= 15 is 0 Å². The van der Waals surface area contributed by atoms with E-state index in [1.54, 1.807) is 0 Å². The van der Waals surface area contributed by atoms with Gasteiger partial charge in [0.05, 0.1) is 6.10 Å². The smallest absolute Gasteiger partial charge is 0.222 e. The van der Waals surface area contributed by atoms with Crippen molar-refractivity contribution in [2.45, 2.75) is 12.5 Å². The molecule has 1 atom stereocenters. The number of hydrogen-bond donors (Lipinski definition) is 3. The number of nitrogens with one attached hydrogen (secondary N) is 1. The van der Waals surface area contributed by atoms with Gasteiger partial charge in [-0.2, -0.15) is 0 Å². The molecule has 0 aromatic heterocycles. The Morgan fingerprint density at radius 2 is 2.07 bits per heavy atom. The maximum absolute atomic E-state index is 8.78. The Balaban J connectivity index is 2.73. The fourth-order valence-electron chi connectivity index (χ4n) is 1.19. The topological polar surface area (TPSA) is 41.5 Å². The summed E-state index contributed by atoms with van der Waals surface area (Å²) < 4.78 is 4.93. The van der Waals surface area contributed by atoms with Crippen LogP contribution in [0, 0.1) is 0 Å². The third-order valence-electron chi connectivity index (χ3n) is 1.97. The molecule has 0 aliphatic heterocycles. The van der Waals surface area contributed by atoms with Gasteiger partial charge >= 0.3 is 0 Å². The maximum atomic E-state index is 8.78. The molecule has 3 nitrogen and oxygen atoms in total. The van der Waals surface area contributed by atoms with Gasteiger partial charge in [-0.25, -0.2) is 0 Å². The van der Waals surface area contributed by atoms with E-state index in [0.717, 1.165) is 11.3 Å². The second-order valence-corrected chi connectivity index (χ2v) is 3.08. The molecule has 5 heteroatoms. The SMILES string of the molecule is [B]Nc1ccc(C(CCO)OS)cc1. The van der Waals surface area contributed by atoms with Crippen LogP contribution < -0.4 is 5.23 Å². The molecule has 0 fully saturated rings. The van der Waals surface area contributed by atoms with Gasteiger partial charge in [-0.3, -0.25) is 0 Å². The lowest BCUT2D eigenvalue weighted by Crippen LogP contribution is -2.01. The van der Waals surface area contributed by atoms with Gasteiger partial charge in [-0.1, -0.05) is 12.1 Å². The van der Waals surface area contributed by atoms with Crippen molar-refractivity contribution in [1.29, 1.82) is 0 Å². The third-order valence-corrected chi connectivity index (χ3v) is 2.22. The molecule has 0 heterocycles. The van der Waals surface area contributed by atoms with Gasteiger partial charge in [0.25, 0.3) is 0 Å². The lowest BCUT2D eigenvalue weighted by atomic mass is 10.1. The average molecular weight is 209 g/mol. The summed E-state index contributed by atoms with van der Waals surface area (Å²) in [6.45, 7) is 0.0715. The number of rotatable bonds is 5. The maximum Gasteiger partial charge on any atom is 0.222 e. The molecule has 1 aromatic carbocycles. The first-order valence-electron chi connectivity index (χ1n) is 4.29. The van der Waals surface area contributed by atoms with Crippen LogP contribution in [0.1, 0.15) is 18.1 Å². The zero-order valence-corrected chi connectivity index (χ0v) is 8.58. The second-order valence-electron chi connectivity index (χ2n) is 2.87. The largest absolute Gasteiger partial charge is 0.437 e. The molecule has 0 saturated heterocycles. The number of anilines is 1. The fraction of sp³-hybridized carbons (Fsp3) is 0.333. The minimum absolute atomic E-state index is 0.0715. The predicted octanol–water partition coefficient (Wildman–Crippen LogP) is 1.47. The van der Waals surface area contributed by atoms with Crippen LogP contribution in [-0.4, -0.2) is 19.7 Å². The highest BCUT2D eigenvalue weighted by Gasteiger charge is 2.09. The van der Waals surface area contributed by atoms with Crippen molar-refractivity contribution in [2.75, 3.05) is 11.8 Å². The first-order valence-corrected chi connectivity index (χ1v) is 4.66. The highest BCUT2D eigenvalue weighted by molar-refractivity contribution is 7.75. The van der Waals surface area contributed by atoms with E-state index in [1.165, 1.54) is 0 Å². The van der Waals surface area contributed by atoms with Crippen molar-refractivity contribution in [1.82, 2.24) is 0 Å². The molecular weight excluding hydrogens is 197 g/mol. The van der Waals surface area contributed by atoms with Crippen molar-refractivity contribution >= 4 is 26.6 Å². The lowest BCUT2D eigenvalue weighted by Gasteiger charge is -2.13. The molecule has 1 aromatic rings. The van der Waals surface area contributed by atoms with E-state index in [4.69, 9.17) is 17.3 Å². The summed E-state index contributed by atoms with van der Waals surface area (Å²) in [4.78, 5) is 0. The standard InChI is InChI=1S/C9H12BNO2S/c10-11-8-3-1-7(2-4-8)9(13-14)5-6-12/h1-4,9,11-12,14H,5-6H2. The van der Waals surface area contributed by atoms with Gasteiger partial charge in [0, 0.05) is 18.7 Å². The van der Waals surface area contributed by atoms with E-state index < -0.39 is 0 Å². The molecule has 14 heavy (non-hydrogen) atoms. The molecule has 0 bridgehead atoms. The van der Waals surface area contributed by atoms with Crippen LogP contribution in [0.25, 0.3) is 0 Å². The van der Waals surface area contributed by atoms with Gasteiger partial charge in [-0.05, 0) is 30.6 Å². The Bertz CT molecular complexity index is 268. The summed E-state index contributed by atoms with van der Waals surface area (Å²) in [6.07, 6.45) is 0.342. The van der Waals surface area contributed by atoms with Crippen molar-refractivity contribution in [3.8, 4) is 0 Å². The Kier molecular flexibility index (Phi) is 4.86. The van der Waals surface area contributed by atoms with Crippen molar-refractivity contribution in [3.63, 3.8) is 0 Å². The first kappa shape index (κ1) is 11.4. The van der Waals surface area contributed by atoms with E-state index in [2.05, 4.69) is 18.1 Å². The molecule has 1 rings (SSSR count). The van der Waals surface area contributed by atoms with Crippen molar-refractivity contribution in [2.24, 2.45) is 0 Å². The molecule has 2 radical (unpaired) electrons. The van der Waals surface area contributed by atoms with E-state index in [1.807, 2.05) is 24.3 Å². The molecule has 0 aliphatic carbocycles. The number of thiol groups is 1. The van der Waals surface area contributed by atoms with Crippen LogP contribution in [-0.2, 0) is 4.18 Å². The summed E-state index contributed by atoms with van der Waals surface area (Å²) in [5.41, 5.74) is 1.80. The predicted molar refractivity (Wildman–Crippen MR) is 60.3 cm³/mol. The van der Waals surface area contributed by atoms with Crippen molar-refractivity contribution in [3.05, 3.63) is 29.8 Å². The highest BCUT2D eigenvalue weighted by atomic mass is 32.1. The van der Waals surface area contributed by atoms with Crippen LogP contribution >= 0.6 is 12.9 Å². The molecule has 74 valence electrons. The quantitative estimate of drug-likeness (QED) is 0.390. The Morgan fingerprint density at radius 1 is 1.43 bits per heavy atom. The summed E-state index contributed by atoms with van der Waals surface area (Å²) in [5, 5.41) is 11.3. The van der Waals surface area contributed by atoms with Gasteiger partial charge < -0.3 is 14.5 Å². The van der Waals surface area contributed by atoms with Crippen LogP contribution in [0.4, 0.5) is 5.69 Å². The molecule has 0 spiro atoms. The number of benzene rings is 1. The summed E-state index contributed by atoms with van der Waals surface area (Å²) >= 11 is 3.76. The van der Waals surface area contributed by atoms with E-state index in [-0.39, 0.29) is 12.7 Å². The minimum atomic E-state index is -0.185. The molecular formula is C9H12BNO2S. The summed E-state index contributed by atoms with van der Waals surface area (Å²) in [7, 11) is 5.23. The monoisotopic (exact) mass is 209 g/mol. The molecule has 1 unspecified atom stereocenters. The van der Waals surface area contributed by atoms with Gasteiger partial charge in [0.1, 0.15) is 0 Å². The summed E-state index contributed by atoms with van der Waals surface area (Å²) in [5.74, 6) is 0. The van der Waals surface area contributed by atoms with Gasteiger partial charge in [-0.15, -0.1) is 0 Å². The van der Waals surface area contributed by atoms with Crippen LogP contribution in [0.15, 0.2) is 24.3 Å². The molecule has 0 aliphatic rings. The Morgan fingerprint density at radius 3 is 2.50 bits per heavy atom. The normalized spacial score (nSPS) is 12.4. The van der Waals surface area contributed by atoms with Crippen molar-refractivity contribution < 1.29 is 9.29 Å². The Labute approximate surface area is 90.5 Å². The zero-order chi connectivity index (χ0) is 10.4. The number of aliphatic hydroxyl groups is 1. The summed E-state index contributed by atoms with van der Waals surface area (Å²) in [6, 6.07) is 7.44. The Hall–Kier alpha value is -0.645. The second kappa shape index (κ2) is 5.96. The highest BCUT2D eigenvalue weighted by Crippen LogP contribution is 2.23. The third kappa shape index (κ3) is 2.94. The fourth-order valence-corrected chi connectivity index (χ4v) is 1.42. The van der Waals surface area contributed by atoms with Crippen LogP contribution in [0.3, 0.4) is 0 Å². The average Bonchev–Trinajstić information content (AvgIpc) is 2.26. The minimum Gasteiger partial charge on any atom is -0.437 e. The number of hydrogen-bond acceptors (Lipinski definition) is 4. The van der Waals surface area contributed by atoms with Gasteiger partial charge in [0.2, 0.25) is 7.98 Å². The molecule has 2 N–H and O–H groups in total. The van der Waals surface area contributed by atoms with E-state index in [9.17, 15) is 0 Å². The number of aliphatic hydroxyl groups excluding tert-OH is 1. The van der Waals surface area contributed by atoms with Gasteiger partial charge in [0.15, 0.2) is 0 Å². The zero-order valence-electron chi connectivity index (χ0n) is 7.68.